The molecule has 0 aliphatic carbocycles. The monoisotopic (exact) mass is 318 g/mol. The minimum atomic E-state index is -0.732. The first-order chi connectivity index (χ1) is 11.2. The molecule has 0 unspecified atom stereocenters. The third kappa shape index (κ3) is 18.1. The van der Waals surface area contributed by atoms with Crippen LogP contribution in [0.15, 0.2) is 60.8 Å². The molecule has 0 aliphatic heterocycles. The van der Waals surface area contributed by atoms with Crippen LogP contribution in [0.25, 0.3) is 0 Å². The highest BCUT2D eigenvalue weighted by Crippen LogP contribution is 1.99. The highest BCUT2D eigenvalue weighted by molar-refractivity contribution is 5.66. The van der Waals surface area contributed by atoms with Crippen molar-refractivity contribution >= 4 is 5.97 Å². The van der Waals surface area contributed by atoms with E-state index in [1.807, 2.05) is 30.4 Å². The van der Waals surface area contributed by atoms with Gasteiger partial charge in [0.15, 0.2) is 0 Å². The van der Waals surface area contributed by atoms with Gasteiger partial charge in [0.2, 0.25) is 0 Å². The molecule has 3 nitrogen and oxygen atoms in total. The van der Waals surface area contributed by atoms with E-state index in [9.17, 15) is 9.90 Å². The van der Waals surface area contributed by atoms with Crippen LogP contribution in [0.1, 0.15) is 51.9 Å². The van der Waals surface area contributed by atoms with Crippen LogP contribution in [0.4, 0.5) is 0 Å². The number of aliphatic hydroxyl groups is 1. The summed E-state index contributed by atoms with van der Waals surface area (Å²) in [4.78, 5) is 10.3. The highest BCUT2D eigenvalue weighted by Gasteiger charge is 1.93. The number of aliphatic carboxylic acids is 1. The first-order valence-corrected chi connectivity index (χ1v) is 8.35. The van der Waals surface area contributed by atoms with Gasteiger partial charge in [-0.05, 0) is 38.5 Å². The average Bonchev–Trinajstić information content (AvgIpc) is 2.51. The molecule has 0 aromatic heterocycles. The molecule has 2 N–H and O–H groups in total. The van der Waals surface area contributed by atoms with Gasteiger partial charge in [0.25, 0.3) is 0 Å². The van der Waals surface area contributed by atoms with Crippen molar-refractivity contribution in [2.24, 2.45) is 0 Å². The lowest BCUT2D eigenvalue weighted by atomic mass is 10.2. The molecular formula is C20H30O3. The van der Waals surface area contributed by atoms with Gasteiger partial charge >= 0.3 is 5.97 Å². The van der Waals surface area contributed by atoms with E-state index >= 15 is 0 Å². The lowest BCUT2D eigenvalue weighted by Crippen LogP contribution is -1.98. The Kier molecular flexibility index (Phi) is 15.2. The van der Waals surface area contributed by atoms with Crippen LogP contribution in [0, 0.1) is 0 Å². The number of carbonyl (C=O) groups is 1. The molecule has 0 saturated carbocycles. The standard InChI is InChI=1S/C20H30O3/c1-2-3-13-16-19(21)17-14-11-9-7-5-4-6-8-10-12-15-18-20(22)23/h3-5,8-11,13-14,17,19,21H,2,6-7,12,15-16,18H2,1H3,(H,22,23)/b5-4-,10-8-,11-9-,13-3-,17-14+/t19-/m1/s1. The van der Waals surface area contributed by atoms with Gasteiger partial charge in [-0.25, -0.2) is 0 Å². The first-order valence-electron chi connectivity index (χ1n) is 8.35. The molecule has 23 heavy (non-hydrogen) atoms. The van der Waals surface area contributed by atoms with Crippen LogP contribution in [0.5, 0.6) is 0 Å². The fourth-order valence-electron chi connectivity index (χ4n) is 1.77. The lowest BCUT2D eigenvalue weighted by molar-refractivity contribution is -0.137. The molecule has 0 aromatic carbocycles. The lowest BCUT2D eigenvalue weighted by Gasteiger charge is -1.98. The Balaban J connectivity index is 3.63. The molecular weight excluding hydrogens is 288 g/mol. The molecule has 0 fully saturated rings. The maximum atomic E-state index is 10.3. The van der Waals surface area contributed by atoms with Gasteiger partial charge in [0.1, 0.15) is 0 Å². The van der Waals surface area contributed by atoms with Gasteiger partial charge in [0, 0.05) is 6.42 Å². The molecule has 0 spiro atoms. The molecule has 0 heterocycles. The van der Waals surface area contributed by atoms with Crippen molar-refractivity contribution in [2.75, 3.05) is 0 Å². The number of allylic oxidation sites excluding steroid dienone is 8. The van der Waals surface area contributed by atoms with Gasteiger partial charge in [-0.15, -0.1) is 0 Å². The number of unbranched alkanes of at least 4 members (excludes halogenated alkanes) is 1. The Hall–Kier alpha value is -1.87. The van der Waals surface area contributed by atoms with Crippen LogP contribution >= 0.6 is 0 Å². The molecule has 1 atom stereocenters. The summed E-state index contributed by atoms with van der Waals surface area (Å²) in [6.45, 7) is 2.07. The van der Waals surface area contributed by atoms with Crippen LogP contribution in [0.2, 0.25) is 0 Å². The van der Waals surface area contributed by atoms with E-state index in [0.29, 0.717) is 12.8 Å². The van der Waals surface area contributed by atoms with Gasteiger partial charge in [-0.2, -0.15) is 0 Å². The zero-order valence-corrected chi connectivity index (χ0v) is 14.1. The van der Waals surface area contributed by atoms with Crippen molar-refractivity contribution in [1.82, 2.24) is 0 Å². The zero-order valence-electron chi connectivity index (χ0n) is 14.1. The Bertz CT molecular complexity index is 428. The first kappa shape index (κ1) is 21.1. The van der Waals surface area contributed by atoms with E-state index in [0.717, 1.165) is 25.7 Å². The van der Waals surface area contributed by atoms with E-state index < -0.39 is 12.1 Å². The molecule has 0 saturated heterocycles. The van der Waals surface area contributed by atoms with Gasteiger partial charge in [-0.1, -0.05) is 67.7 Å². The van der Waals surface area contributed by atoms with Crippen LogP contribution in [0.3, 0.4) is 0 Å². The number of hydrogen-bond donors (Lipinski definition) is 2. The zero-order chi connectivity index (χ0) is 17.2. The van der Waals surface area contributed by atoms with E-state index in [4.69, 9.17) is 5.11 Å². The second-order valence-electron chi connectivity index (χ2n) is 5.20. The smallest absolute Gasteiger partial charge is 0.303 e. The summed E-state index contributed by atoms with van der Waals surface area (Å²) in [6, 6.07) is 0. The molecule has 128 valence electrons. The molecule has 0 aliphatic rings. The summed E-state index contributed by atoms with van der Waals surface area (Å²) in [5, 5.41) is 18.1. The van der Waals surface area contributed by atoms with Crippen LogP contribution in [-0.2, 0) is 4.79 Å². The van der Waals surface area contributed by atoms with Crippen molar-refractivity contribution in [3.05, 3.63) is 60.8 Å². The summed E-state index contributed by atoms with van der Waals surface area (Å²) in [7, 11) is 0. The second kappa shape index (κ2) is 16.5. The van der Waals surface area contributed by atoms with Crippen molar-refractivity contribution in [2.45, 2.75) is 58.0 Å². The Morgan fingerprint density at radius 3 is 2.35 bits per heavy atom. The van der Waals surface area contributed by atoms with E-state index in [1.54, 1.807) is 6.08 Å². The molecule has 0 amide bonds. The predicted octanol–water partition coefficient (Wildman–Crippen LogP) is 4.96. The Labute approximate surface area is 140 Å². The average molecular weight is 318 g/mol. The minimum Gasteiger partial charge on any atom is -0.481 e. The van der Waals surface area contributed by atoms with Crippen LogP contribution in [-0.4, -0.2) is 22.3 Å². The minimum absolute atomic E-state index is 0.238. The van der Waals surface area contributed by atoms with Gasteiger partial charge < -0.3 is 10.2 Å². The molecule has 0 rings (SSSR count). The highest BCUT2D eigenvalue weighted by atomic mass is 16.4. The maximum Gasteiger partial charge on any atom is 0.303 e. The molecule has 3 heteroatoms. The quantitative estimate of drug-likeness (QED) is 0.286. The summed E-state index contributed by atoms with van der Waals surface area (Å²) < 4.78 is 0. The van der Waals surface area contributed by atoms with Gasteiger partial charge in [-0.3, -0.25) is 4.79 Å². The van der Waals surface area contributed by atoms with Crippen LogP contribution < -0.4 is 0 Å². The van der Waals surface area contributed by atoms with Crippen molar-refractivity contribution < 1.29 is 15.0 Å². The third-order valence-electron chi connectivity index (χ3n) is 3.00. The third-order valence-corrected chi connectivity index (χ3v) is 3.00. The Morgan fingerprint density at radius 1 is 0.957 bits per heavy atom. The summed E-state index contributed by atoms with van der Waals surface area (Å²) in [5.74, 6) is -0.732. The summed E-state index contributed by atoms with van der Waals surface area (Å²) in [6.07, 6.45) is 24.7. The van der Waals surface area contributed by atoms with Crippen molar-refractivity contribution in [3.8, 4) is 0 Å². The summed E-state index contributed by atoms with van der Waals surface area (Å²) >= 11 is 0. The maximum absolute atomic E-state index is 10.3. The number of hydrogen-bond acceptors (Lipinski definition) is 2. The molecule has 0 aromatic rings. The number of carboxylic acids is 1. The van der Waals surface area contributed by atoms with Gasteiger partial charge in [0.05, 0.1) is 6.10 Å². The summed E-state index contributed by atoms with van der Waals surface area (Å²) in [5.41, 5.74) is 0. The Morgan fingerprint density at radius 2 is 1.65 bits per heavy atom. The fourth-order valence-corrected chi connectivity index (χ4v) is 1.77. The van der Waals surface area contributed by atoms with Crippen molar-refractivity contribution in [3.63, 3.8) is 0 Å². The molecule has 0 radical (unpaired) electrons. The van der Waals surface area contributed by atoms with Crippen molar-refractivity contribution in [1.29, 1.82) is 0 Å². The topological polar surface area (TPSA) is 57.5 Å². The SMILES string of the molecule is CC/C=C\C[C@@H](O)/C=C/C=C\C/C=C\C/C=C\CCCC(=O)O. The van der Waals surface area contributed by atoms with E-state index in [-0.39, 0.29) is 6.42 Å². The number of rotatable bonds is 13. The fraction of sp³-hybridized carbons (Fsp3) is 0.450. The predicted molar refractivity (Wildman–Crippen MR) is 97.3 cm³/mol. The van der Waals surface area contributed by atoms with E-state index in [2.05, 4.69) is 31.2 Å². The van der Waals surface area contributed by atoms with E-state index in [1.165, 1.54) is 0 Å². The molecule has 0 bridgehead atoms. The normalized spacial score (nSPS) is 14.2. The largest absolute Gasteiger partial charge is 0.481 e. The number of carboxylic acid groups (broad SMARTS) is 1. The second-order valence-corrected chi connectivity index (χ2v) is 5.20. The number of aliphatic hydroxyl groups excluding tert-OH is 1.